The van der Waals surface area contributed by atoms with E-state index in [2.05, 4.69) is 6.92 Å². The van der Waals surface area contributed by atoms with Crippen molar-refractivity contribution in [3.8, 4) is 0 Å². The van der Waals surface area contributed by atoms with E-state index in [9.17, 15) is 4.79 Å². The topological polar surface area (TPSA) is 26.3 Å². The minimum atomic E-state index is 0.0167. The number of carbonyl (C=O) groups excluding carboxylic acids is 1. The third kappa shape index (κ3) is 1.87. The van der Waals surface area contributed by atoms with Gasteiger partial charge in [0.25, 0.3) is 0 Å². The van der Waals surface area contributed by atoms with E-state index in [0.717, 1.165) is 0 Å². The molecule has 0 amide bonds. The lowest BCUT2D eigenvalue weighted by Crippen LogP contribution is -2.27. The third-order valence-electron chi connectivity index (χ3n) is 3.43. The second kappa shape index (κ2) is 3.69. The van der Waals surface area contributed by atoms with Crippen LogP contribution in [0.1, 0.15) is 45.4 Å². The van der Waals surface area contributed by atoms with Crippen molar-refractivity contribution in [3.05, 3.63) is 0 Å². The van der Waals surface area contributed by atoms with Gasteiger partial charge in [0.1, 0.15) is 6.10 Å². The van der Waals surface area contributed by atoms with Gasteiger partial charge in [0.2, 0.25) is 0 Å². The molecule has 2 aliphatic rings. The standard InChI is InChI=1S/C11H18O2/c1-8-7-10(12)13-11(8)9-5-3-2-4-6-9/h8-9,11H,2-7H2,1H3/t8-,11+/m0/s1. The summed E-state index contributed by atoms with van der Waals surface area (Å²) < 4.78 is 5.37. The second-order valence-electron chi connectivity index (χ2n) is 4.53. The van der Waals surface area contributed by atoms with Gasteiger partial charge >= 0.3 is 5.97 Å². The van der Waals surface area contributed by atoms with Crippen LogP contribution < -0.4 is 0 Å². The van der Waals surface area contributed by atoms with Crippen LogP contribution >= 0.6 is 0 Å². The first-order valence-corrected chi connectivity index (χ1v) is 5.47. The molecule has 0 unspecified atom stereocenters. The van der Waals surface area contributed by atoms with Crippen molar-refractivity contribution in [3.63, 3.8) is 0 Å². The molecule has 1 aliphatic carbocycles. The van der Waals surface area contributed by atoms with Gasteiger partial charge in [-0.15, -0.1) is 0 Å². The molecule has 74 valence electrons. The van der Waals surface area contributed by atoms with Gasteiger partial charge in [-0.1, -0.05) is 26.2 Å². The van der Waals surface area contributed by atoms with Crippen LogP contribution in [0.3, 0.4) is 0 Å². The molecule has 0 aromatic heterocycles. The van der Waals surface area contributed by atoms with E-state index >= 15 is 0 Å². The summed E-state index contributed by atoms with van der Waals surface area (Å²) in [6.45, 7) is 2.14. The highest BCUT2D eigenvalue weighted by Gasteiger charge is 2.37. The number of rotatable bonds is 1. The fourth-order valence-electron chi connectivity index (χ4n) is 2.72. The number of carbonyl (C=O) groups is 1. The van der Waals surface area contributed by atoms with Crippen molar-refractivity contribution in [2.45, 2.75) is 51.6 Å². The van der Waals surface area contributed by atoms with Gasteiger partial charge in [-0.2, -0.15) is 0 Å². The monoisotopic (exact) mass is 182 g/mol. The number of hydrogen-bond donors (Lipinski definition) is 0. The molecular weight excluding hydrogens is 164 g/mol. The molecule has 2 rings (SSSR count). The normalized spacial score (nSPS) is 36.2. The van der Waals surface area contributed by atoms with Gasteiger partial charge in [0.15, 0.2) is 0 Å². The quantitative estimate of drug-likeness (QED) is 0.582. The van der Waals surface area contributed by atoms with Gasteiger partial charge in [-0.25, -0.2) is 0 Å². The molecule has 2 heteroatoms. The Labute approximate surface area is 79.7 Å². The maximum atomic E-state index is 11.1. The Balaban J connectivity index is 1.95. The molecule has 0 N–H and O–H groups in total. The van der Waals surface area contributed by atoms with Gasteiger partial charge in [-0.05, 0) is 18.8 Å². The molecular formula is C11H18O2. The van der Waals surface area contributed by atoms with Gasteiger partial charge in [0.05, 0.1) is 6.42 Å². The van der Waals surface area contributed by atoms with Crippen LogP contribution in [0, 0.1) is 11.8 Å². The van der Waals surface area contributed by atoms with E-state index in [1.807, 2.05) is 0 Å². The summed E-state index contributed by atoms with van der Waals surface area (Å²) in [4.78, 5) is 11.1. The van der Waals surface area contributed by atoms with Crippen molar-refractivity contribution in [1.29, 1.82) is 0 Å². The molecule has 0 aromatic carbocycles. The Hall–Kier alpha value is -0.530. The summed E-state index contributed by atoms with van der Waals surface area (Å²) in [7, 11) is 0. The lowest BCUT2D eigenvalue weighted by atomic mass is 9.81. The third-order valence-corrected chi connectivity index (χ3v) is 3.43. The zero-order chi connectivity index (χ0) is 9.26. The minimum absolute atomic E-state index is 0.0167. The molecule has 2 atom stereocenters. The molecule has 1 aliphatic heterocycles. The average Bonchev–Trinajstić information content (AvgIpc) is 2.47. The van der Waals surface area contributed by atoms with Crippen LogP contribution in [0.25, 0.3) is 0 Å². The van der Waals surface area contributed by atoms with E-state index in [-0.39, 0.29) is 12.1 Å². The summed E-state index contributed by atoms with van der Waals surface area (Å²) in [5.74, 6) is 1.13. The van der Waals surface area contributed by atoms with E-state index in [1.54, 1.807) is 0 Å². The molecule has 2 fully saturated rings. The predicted molar refractivity (Wildman–Crippen MR) is 50.2 cm³/mol. The Bertz CT molecular complexity index is 194. The summed E-state index contributed by atoms with van der Waals surface area (Å²) in [5, 5.41) is 0. The van der Waals surface area contributed by atoms with Crippen molar-refractivity contribution in [1.82, 2.24) is 0 Å². The van der Waals surface area contributed by atoms with Gasteiger partial charge < -0.3 is 4.74 Å². The van der Waals surface area contributed by atoms with E-state index in [4.69, 9.17) is 4.74 Å². The van der Waals surface area contributed by atoms with Crippen LogP contribution in [0.2, 0.25) is 0 Å². The molecule has 13 heavy (non-hydrogen) atoms. The highest BCUT2D eigenvalue weighted by atomic mass is 16.6. The maximum absolute atomic E-state index is 11.1. The fraction of sp³-hybridized carbons (Fsp3) is 0.909. The molecule has 0 aromatic rings. The van der Waals surface area contributed by atoms with E-state index < -0.39 is 0 Å². The number of cyclic esters (lactones) is 1. The molecule has 0 spiro atoms. The molecule has 1 saturated heterocycles. The molecule has 1 saturated carbocycles. The predicted octanol–water partition coefficient (Wildman–Crippen LogP) is 2.52. The fourth-order valence-corrected chi connectivity index (χ4v) is 2.72. The zero-order valence-electron chi connectivity index (χ0n) is 8.29. The summed E-state index contributed by atoms with van der Waals surface area (Å²) in [6, 6.07) is 0. The van der Waals surface area contributed by atoms with Crippen molar-refractivity contribution >= 4 is 5.97 Å². The molecule has 1 heterocycles. The largest absolute Gasteiger partial charge is 0.462 e. The van der Waals surface area contributed by atoms with Crippen LogP contribution in [0.15, 0.2) is 0 Å². The lowest BCUT2D eigenvalue weighted by molar-refractivity contribution is -0.143. The smallest absolute Gasteiger partial charge is 0.306 e. The highest BCUT2D eigenvalue weighted by molar-refractivity contribution is 5.72. The zero-order valence-corrected chi connectivity index (χ0v) is 8.29. The summed E-state index contributed by atoms with van der Waals surface area (Å²) in [5.41, 5.74) is 0. The Kier molecular flexibility index (Phi) is 2.56. The number of esters is 1. The van der Waals surface area contributed by atoms with Crippen LogP contribution in [-0.2, 0) is 9.53 Å². The van der Waals surface area contributed by atoms with Crippen LogP contribution in [-0.4, -0.2) is 12.1 Å². The number of ether oxygens (including phenoxy) is 1. The Morgan fingerprint density at radius 1 is 1.23 bits per heavy atom. The van der Waals surface area contributed by atoms with Crippen molar-refractivity contribution < 1.29 is 9.53 Å². The Morgan fingerprint density at radius 3 is 2.46 bits per heavy atom. The molecule has 0 radical (unpaired) electrons. The average molecular weight is 182 g/mol. The van der Waals surface area contributed by atoms with E-state index in [0.29, 0.717) is 18.3 Å². The van der Waals surface area contributed by atoms with Gasteiger partial charge in [-0.3, -0.25) is 4.79 Å². The SMILES string of the molecule is C[C@H]1CC(=O)O[C@H]1C1CCCCC1. The molecule has 2 nitrogen and oxygen atoms in total. The first kappa shape index (κ1) is 9.04. The highest BCUT2D eigenvalue weighted by Crippen LogP contribution is 2.35. The molecule has 0 bridgehead atoms. The van der Waals surface area contributed by atoms with Gasteiger partial charge in [0, 0.05) is 5.92 Å². The van der Waals surface area contributed by atoms with Crippen molar-refractivity contribution in [2.75, 3.05) is 0 Å². The maximum Gasteiger partial charge on any atom is 0.306 e. The first-order valence-electron chi connectivity index (χ1n) is 5.47. The minimum Gasteiger partial charge on any atom is -0.462 e. The summed E-state index contributed by atoms with van der Waals surface area (Å²) >= 11 is 0. The summed E-state index contributed by atoms with van der Waals surface area (Å²) in [6.07, 6.45) is 7.43. The van der Waals surface area contributed by atoms with E-state index in [1.165, 1.54) is 32.1 Å². The van der Waals surface area contributed by atoms with Crippen LogP contribution in [0.4, 0.5) is 0 Å². The lowest BCUT2D eigenvalue weighted by Gasteiger charge is -2.28. The van der Waals surface area contributed by atoms with Crippen molar-refractivity contribution in [2.24, 2.45) is 11.8 Å². The number of hydrogen-bond acceptors (Lipinski definition) is 2. The second-order valence-corrected chi connectivity index (χ2v) is 4.53. The first-order chi connectivity index (χ1) is 6.27. The Morgan fingerprint density at radius 2 is 1.92 bits per heavy atom. The van der Waals surface area contributed by atoms with Crippen LogP contribution in [0.5, 0.6) is 0 Å².